The average Bonchev–Trinajstić information content (AvgIpc) is 3.08. The summed E-state index contributed by atoms with van der Waals surface area (Å²) in [7, 11) is 1.76. The van der Waals surface area contributed by atoms with E-state index in [9.17, 15) is 9.59 Å². The van der Waals surface area contributed by atoms with Crippen molar-refractivity contribution in [3.05, 3.63) is 0 Å². The number of nitrogens with zero attached hydrogens (tertiary/aromatic N) is 1. The maximum Gasteiger partial charge on any atom is 0.317 e. The highest BCUT2D eigenvalue weighted by atomic mass is 16.4. The summed E-state index contributed by atoms with van der Waals surface area (Å²) in [6, 6.07) is 0.0428. The number of carboxylic acid groups (broad SMARTS) is 1. The van der Waals surface area contributed by atoms with Crippen molar-refractivity contribution in [1.82, 2.24) is 10.2 Å². The molecule has 0 bridgehead atoms. The van der Waals surface area contributed by atoms with E-state index in [-0.39, 0.29) is 18.6 Å². The third-order valence-electron chi connectivity index (χ3n) is 3.70. The number of carbonyl (C=O) groups is 2. The van der Waals surface area contributed by atoms with E-state index in [0.29, 0.717) is 12.8 Å². The van der Waals surface area contributed by atoms with Crippen LogP contribution in [-0.2, 0) is 4.79 Å². The van der Waals surface area contributed by atoms with E-state index < -0.39 is 11.4 Å². The van der Waals surface area contributed by atoms with E-state index in [4.69, 9.17) is 5.11 Å². The highest BCUT2D eigenvalue weighted by molar-refractivity contribution is 5.80. The summed E-state index contributed by atoms with van der Waals surface area (Å²) in [5.74, 6) is -0.803. The third-order valence-corrected chi connectivity index (χ3v) is 3.70. The van der Waals surface area contributed by atoms with Gasteiger partial charge in [-0.05, 0) is 25.7 Å². The van der Waals surface area contributed by atoms with Gasteiger partial charge in [-0.3, -0.25) is 4.79 Å². The quantitative estimate of drug-likeness (QED) is 0.744. The van der Waals surface area contributed by atoms with Crippen LogP contribution in [0.25, 0.3) is 0 Å². The molecule has 1 aliphatic carbocycles. The molecule has 0 radical (unpaired) electrons. The predicted octanol–water partition coefficient (Wildman–Crippen LogP) is 1.68. The van der Waals surface area contributed by atoms with Crippen LogP contribution in [-0.4, -0.2) is 41.6 Å². The number of hydrogen-bond donors (Lipinski definition) is 2. The van der Waals surface area contributed by atoms with Crippen LogP contribution in [0.15, 0.2) is 0 Å². The molecule has 1 rings (SSSR count). The van der Waals surface area contributed by atoms with Crippen molar-refractivity contribution in [3.63, 3.8) is 0 Å². The monoisotopic (exact) mass is 242 g/mol. The van der Waals surface area contributed by atoms with Gasteiger partial charge in [0.1, 0.15) is 0 Å². The molecule has 0 spiro atoms. The fourth-order valence-corrected chi connectivity index (χ4v) is 1.99. The number of urea groups is 1. The lowest BCUT2D eigenvalue weighted by Crippen LogP contribution is -2.45. The van der Waals surface area contributed by atoms with E-state index >= 15 is 0 Å². The molecule has 1 fully saturated rings. The lowest BCUT2D eigenvalue weighted by molar-refractivity contribution is -0.143. The molecule has 17 heavy (non-hydrogen) atoms. The highest BCUT2D eigenvalue weighted by Gasteiger charge is 2.50. The molecular weight excluding hydrogens is 220 g/mol. The zero-order chi connectivity index (χ0) is 13.1. The van der Waals surface area contributed by atoms with Gasteiger partial charge in [-0.2, -0.15) is 0 Å². The van der Waals surface area contributed by atoms with Crippen LogP contribution in [0.1, 0.15) is 39.5 Å². The summed E-state index contributed by atoms with van der Waals surface area (Å²) in [6.45, 7) is 4.32. The lowest BCUT2D eigenvalue weighted by atomic mass is 10.1. The second-order valence-electron chi connectivity index (χ2n) is 4.83. The predicted molar refractivity (Wildman–Crippen MR) is 64.8 cm³/mol. The first-order valence-electron chi connectivity index (χ1n) is 6.21. The Hall–Kier alpha value is -1.26. The Balaban J connectivity index is 2.42. The van der Waals surface area contributed by atoms with E-state index in [1.165, 1.54) is 0 Å². The van der Waals surface area contributed by atoms with Gasteiger partial charge in [-0.1, -0.05) is 13.8 Å². The SMILES string of the molecule is CCC(CC)N(C)C(=O)NCC1(C(=O)O)CC1. The molecule has 0 aromatic rings. The number of amides is 2. The third kappa shape index (κ3) is 3.11. The summed E-state index contributed by atoms with van der Waals surface area (Å²) in [6.07, 6.45) is 3.14. The first kappa shape index (κ1) is 13.8. The molecule has 0 aromatic carbocycles. The van der Waals surface area contributed by atoms with Gasteiger partial charge in [0.2, 0.25) is 0 Å². The fraction of sp³-hybridized carbons (Fsp3) is 0.833. The van der Waals surface area contributed by atoms with Crippen LogP contribution in [0.5, 0.6) is 0 Å². The molecular formula is C12H22N2O3. The fourth-order valence-electron chi connectivity index (χ4n) is 1.99. The smallest absolute Gasteiger partial charge is 0.317 e. The highest BCUT2D eigenvalue weighted by Crippen LogP contribution is 2.45. The van der Waals surface area contributed by atoms with Crippen LogP contribution in [0, 0.1) is 5.41 Å². The summed E-state index contributed by atoms with van der Waals surface area (Å²) >= 11 is 0. The second-order valence-corrected chi connectivity index (χ2v) is 4.83. The van der Waals surface area contributed by atoms with Crippen molar-refractivity contribution >= 4 is 12.0 Å². The topological polar surface area (TPSA) is 69.6 Å². The molecule has 5 heteroatoms. The van der Waals surface area contributed by atoms with Gasteiger partial charge >= 0.3 is 12.0 Å². The first-order valence-corrected chi connectivity index (χ1v) is 6.21. The van der Waals surface area contributed by atoms with Gasteiger partial charge < -0.3 is 15.3 Å². The maximum absolute atomic E-state index is 11.8. The van der Waals surface area contributed by atoms with E-state index in [2.05, 4.69) is 5.32 Å². The molecule has 2 amide bonds. The van der Waals surface area contributed by atoms with Gasteiger partial charge in [0.15, 0.2) is 0 Å². The molecule has 0 heterocycles. The molecule has 1 saturated carbocycles. The number of carboxylic acids is 1. The van der Waals surface area contributed by atoms with E-state index in [0.717, 1.165) is 12.8 Å². The molecule has 0 atom stereocenters. The first-order chi connectivity index (χ1) is 7.96. The van der Waals surface area contributed by atoms with Gasteiger partial charge in [0, 0.05) is 19.6 Å². The Labute approximate surface area is 102 Å². The van der Waals surface area contributed by atoms with Crippen molar-refractivity contribution in [2.75, 3.05) is 13.6 Å². The van der Waals surface area contributed by atoms with Gasteiger partial charge in [-0.15, -0.1) is 0 Å². The molecule has 0 aromatic heterocycles. The number of nitrogens with one attached hydrogen (secondary N) is 1. The Morgan fingerprint density at radius 2 is 1.88 bits per heavy atom. The number of carbonyl (C=O) groups excluding carboxylic acids is 1. The number of hydrogen-bond acceptors (Lipinski definition) is 2. The molecule has 2 N–H and O–H groups in total. The van der Waals surface area contributed by atoms with Crippen molar-refractivity contribution in [2.24, 2.45) is 5.41 Å². The number of aliphatic carboxylic acids is 1. The largest absolute Gasteiger partial charge is 0.481 e. The maximum atomic E-state index is 11.8. The zero-order valence-corrected chi connectivity index (χ0v) is 10.8. The second kappa shape index (κ2) is 5.38. The van der Waals surface area contributed by atoms with Gasteiger partial charge in [0.05, 0.1) is 5.41 Å². The van der Waals surface area contributed by atoms with Crippen molar-refractivity contribution < 1.29 is 14.7 Å². The minimum absolute atomic E-state index is 0.175. The van der Waals surface area contributed by atoms with Gasteiger partial charge in [-0.25, -0.2) is 4.79 Å². The Morgan fingerprint density at radius 1 is 1.35 bits per heavy atom. The lowest BCUT2D eigenvalue weighted by Gasteiger charge is -2.27. The summed E-state index contributed by atoms with van der Waals surface area (Å²) in [4.78, 5) is 24.4. The summed E-state index contributed by atoms with van der Waals surface area (Å²) in [5.41, 5.74) is -0.690. The summed E-state index contributed by atoms with van der Waals surface area (Å²) in [5, 5.41) is 11.7. The van der Waals surface area contributed by atoms with Crippen LogP contribution in [0.2, 0.25) is 0 Å². The van der Waals surface area contributed by atoms with Crippen LogP contribution >= 0.6 is 0 Å². The van der Waals surface area contributed by atoms with Crippen molar-refractivity contribution in [2.45, 2.75) is 45.6 Å². The zero-order valence-electron chi connectivity index (χ0n) is 10.8. The normalized spacial score (nSPS) is 16.7. The molecule has 98 valence electrons. The standard InChI is InChI=1S/C12H22N2O3/c1-4-9(5-2)14(3)11(17)13-8-12(6-7-12)10(15)16/h9H,4-8H2,1-3H3,(H,13,17)(H,15,16). The Kier molecular flexibility index (Phi) is 4.37. The molecule has 1 aliphatic rings. The molecule has 5 nitrogen and oxygen atoms in total. The molecule has 0 aliphatic heterocycles. The van der Waals surface area contributed by atoms with Crippen molar-refractivity contribution in [1.29, 1.82) is 0 Å². The van der Waals surface area contributed by atoms with E-state index in [1.54, 1.807) is 11.9 Å². The van der Waals surface area contributed by atoms with Crippen molar-refractivity contribution in [3.8, 4) is 0 Å². The average molecular weight is 242 g/mol. The van der Waals surface area contributed by atoms with Gasteiger partial charge in [0.25, 0.3) is 0 Å². The number of rotatable bonds is 6. The van der Waals surface area contributed by atoms with Crippen LogP contribution < -0.4 is 5.32 Å². The van der Waals surface area contributed by atoms with Crippen LogP contribution in [0.4, 0.5) is 4.79 Å². The minimum atomic E-state index is -0.803. The van der Waals surface area contributed by atoms with E-state index in [1.807, 2.05) is 13.8 Å². The summed E-state index contributed by atoms with van der Waals surface area (Å²) < 4.78 is 0. The molecule has 0 unspecified atom stereocenters. The Morgan fingerprint density at radius 3 is 2.24 bits per heavy atom. The minimum Gasteiger partial charge on any atom is -0.481 e. The molecule has 0 saturated heterocycles. The van der Waals surface area contributed by atoms with Crippen LogP contribution in [0.3, 0.4) is 0 Å². The Bertz CT molecular complexity index is 296.